The van der Waals surface area contributed by atoms with Crippen LogP contribution in [0, 0.1) is 0 Å². The van der Waals surface area contributed by atoms with Crippen LogP contribution in [0.4, 0.5) is 0 Å². The average Bonchev–Trinajstić information content (AvgIpc) is 3.14. The molecule has 1 aromatic carbocycles. The molecule has 0 aliphatic heterocycles. The summed E-state index contributed by atoms with van der Waals surface area (Å²) in [7, 11) is -11.6. The summed E-state index contributed by atoms with van der Waals surface area (Å²) in [6, 6.07) is 3.68. The van der Waals surface area contributed by atoms with E-state index in [2.05, 4.69) is 20.8 Å². The van der Waals surface area contributed by atoms with Gasteiger partial charge in [-0.05, 0) is 37.5 Å². The van der Waals surface area contributed by atoms with Gasteiger partial charge in [-0.15, -0.1) is 0 Å². The first-order valence-electron chi connectivity index (χ1n) is 22.8. The zero-order valence-corrected chi connectivity index (χ0v) is 37.8. The third kappa shape index (κ3) is 25.3. The van der Waals surface area contributed by atoms with Crippen LogP contribution < -0.4 is 0 Å². The van der Waals surface area contributed by atoms with Gasteiger partial charge in [0.25, 0.3) is 0 Å². The Kier molecular flexibility index (Phi) is 30.3. The normalized spacial score (nSPS) is 12.5. The molecule has 1 aromatic rings. The van der Waals surface area contributed by atoms with Gasteiger partial charge in [-0.1, -0.05) is 213 Å². The number of hydrogen-bond acceptors (Lipinski definition) is 6. The van der Waals surface area contributed by atoms with Crippen molar-refractivity contribution >= 4 is 29.5 Å². The molecule has 0 unspecified atom stereocenters. The van der Waals surface area contributed by atoms with E-state index in [1.807, 2.05) is 0 Å². The fourth-order valence-corrected chi connectivity index (χ4v) is 11.8. The molecule has 0 aromatic heterocycles. The Morgan fingerprint density at radius 2 is 0.407 bits per heavy atom. The Hall–Kier alpha value is -0.930. The SMILES string of the molecule is CCCCCCCCCCCCCS(=O)(=O)c1cc(S(=O)(=O)CCCCCCCCCCCCC)cc(S(=O)(=O)CCCCCCCCCCCCC)c1. The van der Waals surface area contributed by atoms with Crippen molar-refractivity contribution in [1.29, 1.82) is 0 Å². The van der Waals surface area contributed by atoms with Crippen LogP contribution in [0.2, 0.25) is 0 Å². The molecule has 0 fully saturated rings. The zero-order chi connectivity index (χ0) is 39.8. The van der Waals surface area contributed by atoms with Gasteiger partial charge in [0.05, 0.1) is 31.9 Å². The van der Waals surface area contributed by atoms with Gasteiger partial charge in [0.15, 0.2) is 29.5 Å². The Bertz CT molecular complexity index is 1190. The van der Waals surface area contributed by atoms with Crippen molar-refractivity contribution in [3.8, 4) is 0 Å². The fourth-order valence-electron chi connectivity index (χ4n) is 7.31. The molecule has 0 N–H and O–H groups in total. The van der Waals surface area contributed by atoms with Crippen LogP contribution in [0.1, 0.15) is 233 Å². The highest BCUT2D eigenvalue weighted by Gasteiger charge is 2.25. The second kappa shape index (κ2) is 32.1. The summed E-state index contributed by atoms with van der Waals surface area (Å²) in [5.74, 6) is -0.321. The van der Waals surface area contributed by atoms with Crippen LogP contribution >= 0.6 is 0 Å². The minimum Gasteiger partial charge on any atom is -0.224 e. The highest BCUT2D eigenvalue weighted by Crippen LogP contribution is 2.27. The molecule has 0 amide bonds. The highest BCUT2D eigenvalue weighted by molar-refractivity contribution is 7.93. The molecular formula is C45H84O6S3. The van der Waals surface area contributed by atoms with Crippen LogP contribution in [-0.4, -0.2) is 42.5 Å². The van der Waals surface area contributed by atoms with Gasteiger partial charge in [-0.3, -0.25) is 0 Å². The highest BCUT2D eigenvalue weighted by atomic mass is 32.2. The van der Waals surface area contributed by atoms with Gasteiger partial charge in [0, 0.05) is 0 Å². The maximum Gasteiger partial charge on any atom is 0.178 e. The minimum absolute atomic E-state index is 0.107. The molecule has 0 aliphatic carbocycles. The Morgan fingerprint density at radius 1 is 0.259 bits per heavy atom. The van der Waals surface area contributed by atoms with Crippen LogP contribution in [0.5, 0.6) is 0 Å². The van der Waals surface area contributed by atoms with Crippen molar-refractivity contribution in [2.45, 2.75) is 247 Å². The second-order valence-electron chi connectivity index (χ2n) is 16.2. The van der Waals surface area contributed by atoms with Crippen LogP contribution in [-0.2, 0) is 29.5 Å². The first-order chi connectivity index (χ1) is 26.0. The molecule has 0 saturated heterocycles. The van der Waals surface area contributed by atoms with Gasteiger partial charge in [-0.2, -0.15) is 0 Å². The molecule has 54 heavy (non-hydrogen) atoms. The van der Waals surface area contributed by atoms with Gasteiger partial charge in [0.1, 0.15) is 0 Å². The average molecular weight is 817 g/mol. The fraction of sp³-hybridized carbons (Fsp3) is 0.867. The summed E-state index contributed by atoms with van der Waals surface area (Å²) in [5, 5.41) is 0. The number of hydrogen-bond donors (Lipinski definition) is 0. The molecule has 6 nitrogen and oxygen atoms in total. The Labute approximate surface area is 336 Å². The first kappa shape index (κ1) is 51.1. The van der Waals surface area contributed by atoms with Gasteiger partial charge in [0.2, 0.25) is 0 Å². The van der Waals surface area contributed by atoms with Crippen LogP contribution in [0.15, 0.2) is 32.9 Å². The smallest absolute Gasteiger partial charge is 0.178 e. The number of benzene rings is 1. The Balaban J connectivity index is 2.82. The topological polar surface area (TPSA) is 102 Å². The van der Waals surface area contributed by atoms with Crippen LogP contribution in [0.25, 0.3) is 0 Å². The van der Waals surface area contributed by atoms with Gasteiger partial charge < -0.3 is 0 Å². The number of sulfone groups is 3. The lowest BCUT2D eigenvalue weighted by atomic mass is 10.1. The lowest BCUT2D eigenvalue weighted by Gasteiger charge is -2.13. The van der Waals surface area contributed by atoms with E-state index in [4.69, 9.17) is 0 Å². The second-order valence-corrected chi connectivity index (χ2v) is 22.5. The summed E-state index contributed by atoms with van der Waals surface area (Å²) in [5.41, 5.74) is 0. The molecule has 0 atom stereocenters. The maximum absolute atomic E-state index is 13.6. The lowest BCUT2D eigenvalue weighted by molar-refractivity contribution is 0.551. The molecule has 0 spiro atoms. The minimum atomic E-state index is -3.86. The van der Waals surface area contributed by atoms with Crippen molar-refractivity contribution in [2.75, 3.05) is 17.3 Å². The molecule has 0 radical (unpaired) electrons. The van der Waals surface area contributed by atoms with Crippen molar-refractivity contribution in [2.24, 2.45) is 0 Å². The van der Waals surface area contributed by atoms with E-state index in [9.17, 15) is 25.3 Å². The molecule has 9 heteroatoms. The van der Waals surface area contributed by atoms with E-state index in [0.717, 1.165) is 77.0 Å². The van der Waals surface area contributed by atoms with Crippen molar-refractivity contribution in [3.63, 3.8) is 0 Å². The van der Waals surface area contributed by atoms with E-state index >= 15 is 0 Å². The number of unbranched alkanes of at least 4 members (excludes halogenated alkanes) is 30. The summed E-state index contributed by atoms with van der Waals surface area (Å²) in [6.45, 7) is 6.67. The predicted octanol–water partition coefficient (Wildman–Crippen LogP) is 13.9. The summed E-state index contributed by atoms with van der Waals surface area (Å²) >= 11 is 0. The summed E-state index contributed by atoms with van der Waals surface area (Å²) in [6.07, 6.45) is 36.3. The molecular weight excluding hydrogens is 733 g/mol. The standard InChI is InChI=1S/C45H84O6S3/c1-4-7-10-13-16-19-22-25-28-31-34-37-52(46,47)43-40-44(53(48,49)38-35-32-29-26-23-20-17-14-11-8-5-2)42-45(41-43)54(50,51)39-36-33-30-27-24-21-18-15-12-9-6-3/h40-42H,4-39H2,1-3H3. The molecule has 0 aliphatic rings. The Morgan fingerprint density at radius 3 is 0.574 bits per heavy atom. The van der Waals surface area contributed by atoms with Crippen molar-refractivity contribution < 1.29 is 25.3 Å². The third-order valence-electron chi connectivity index (χ3n) is 11.0. The van der Waals surface area contributed by atoms with Crippen molar-refractivity contribution in [3.05, 3.63) is 18.2 Å². The molecule has 1 rings (SSSR count). The maximum atomic E-state index is 13.6. The van der Waals surface area contributed by atoms with Crippen LogP contribution in [0.3, 0.4) is 0 Å². The van der Waals surface area contributed by atoms with E-state index < -0.39 is 29.5 Å². The van der Waals surface area contributed by atoms with E-state index in [1.165, 1.54) is 134 Å². The largest absolute Gasteiger partial charge is 0.224 e. The molecule has 0 bridgehead atoms. The van der Waals surface area contributed by atoms with Crippen molar-refractivity contribution in [1.82, 2.24) is 0 Å². The van der Waals surface area contributed by atoms with Gasteiger partial charge >= 0.3 is 0 Å². The molecule has 0 saturated carbocycles. The molecule has 0 heterocycles. The van der Waals surface area contributed by atoms with E-state index in [1.54, 1.807) is 0 Å². The summed E-state index contributed by atoms with van der Waals surface area (Å²) in [4.78, 5) is -0.522. The third-order valence-corrected chi connectivity index (χ3v) is 16.3. The summed E-state index contributed by atoms with van der Waals surface area (Å²) < 4.78 is 81.5. The van der Waals surface area contributed by atoms with Gasteiger partial charge in [-0.25, -0.2) is 25.3 Å². The lowest BCUT2D eigenvalue weighted by Crippen LogP contribution is -2.14. The number of rotatable bonds is 39. The predicted molar refractivity (Wildman–Crippen MR) is 232 cm³/mol. The molecule has 318 valence electrons. The van der Waals surface area contributed by atoms with E-state index in [0.29, 0.717) is 19.3 Å². The zero-order valence-electron chi connectivity index (χ0n) is 35.4. The first-order valence-corrected chi connectivity index (χ1v) is 27.8. The monoisotopic (exact) mass is 817 g/mol. The van der Waals surface area contributed by atoms with E-state index in [-0.39, 0.29) is 31.9 Å². The quantitative estimate of drug-likeness (QED) is 0.0613.